The quantitative estimate of drug-likeness (QED) is 0.888. The molecule has 3 rings (SSSR count). The van der Waals surface area contributed by atoms with E-state index < -0.39 is 10.0 Å². The Balaban J connectivity index is 1.82. The zero-order chi connectivity index (χ0) is 15.6. The maximum atomic E-state index is 12.6. The minimum absolute atomic E-state index is 0.115. The summed E-state index contributed by atoms with van der Waals surface area (Å²) in [6, 6.07) is 5.80. The molecule has 1 aliphatic heterocycles. The molecular weight excluding hydrogens is 302 g/mol. The normalized spacial score (nSPS) is 20.0. The van der Waals surface area contributed by atoms with E-state index >= 15 is 0 Å². The zero-order valence-corrected chi connectivity index (χ0v) is 13.2. The van der Waals surface area contributed by atoms with Crippen molar-refractivity contribution in [2.45, 2.75) is 23.7 Å². The second kappa shape index (κ2) is 6.05. The summed E-state index contributed by atoms with van der Waals surface area (Å²) >= 11 is 0. The zero-order valence-electron chi connectivity index (χ0n) is 12.4. The van der Waals surface area contributed by atoms with Gasteiger partial charge in [-0.2, -0.15) is 9.40 Å². The molecule has 0 spiro atoms. The van der Waals surface area contributed by atoms with Gasteiger partial charge < -0.3 is 5.32 Å². The van der Waals surface area contributed by atoms with Gasteiger partial charge in [-0.15, -0.1) is 0 Å². The Morgan fingerprint density at radius 3 is 3.00 bits per heavy atom. The molecule has 3 heterocycles. The van der Waals surface area contributed by atoms with Crippen molar-refractivity contribution in [3.05, 3.63) is 36.3 Å². The van der Waals surface area contributed by atoms with Crippen molar-refractivity contribution in [3.8, 4) is 0 Å². The molecule has 2 N–H and O–H groups in total. The number of rotatable bonds is 4. The highest BCUT2D eigenvalue weighted by Gasteiger charge is 2.31. The molecule has 2 aromatic heterocycles. The van der Waals surface area contributed by atoms with Crippen molar-refractivity contribution in [2.24, 2.45) is 0 Å². The number of hydrogen-bond donors (Lipinski definition) is 2. The van der Waals surface area contributed by atoms with Crippen molar-refractivity contribution in [2.75, 3.05) is 25.5 Å². The Labute approximate surface area is 129 Å². The van der Waals surface area contributed by atoms with Crippen molar-refractivity contribution in [3.63, 3.8) is 0 Å². The van der Waals surface area contributed by atoms with Crippen LogP contribution in [-0.4, -0.2) is 48.0 Å². The smallest absolute Gasteiger partial charge is 0.246 e. The maximum Gasteiger partial charge on any atom is 0.246 e. The monoisotopic (exact) mass is 321 g/mol. The Morgan fingerprint density at radius 1 is 1.41 bits per heavy atom. The molecule has 1 atom stereocenters. The number of piperidine rings is 1. The first-order chi connectivity index (χ1) is 10.6. The van der Waals surface area contributed by atoms with Crippen molar-refractivity contribution in [1.82, 2.24) is 19.5 Å². The summed E-state index contributed by atoms with van der Waals surface area (Å²) in [6.07, 6.45) is 4.53. The summed E-state index contributed by atoms with van der Waals surface area (Å²) in [5.41, 5.74) is 0.930. The fourth-order valence-corrected chi connectivity index (χ4v) is 4.18. The van der Waals surface area contributed by atoms with Crippen LogP contribution in [0.1, 0.15) is 24.5 Å². The average Bonchev–Trinajstić information content (AvgIpc) is 3.10. The van der Waals surface area contributed by atoms with Crippen LogP contribution in [0.2, 0.25) is 0 Å². The van der Waals surface area contributed by atoms with Crippen LogP contribution < -0.4 is 5.32 Å². The molecule has 118 valence electrons. The van der Waals surface area contributed by atoms with Gasteiger partial charge in [0.1, 0.15) is 10.7 Å². The number of hydrogen-bond acceptors (Lipinski definition) is 5. The first kappa shape index (κ1) is 15.0. The molecule has 0 aromatic carbocycles. The van der Waals surface area contributed by atoms with Gasteiger partial charge in [0.05, 0.1) is 6.20 Å². The molecule has 1 saturated heterocycles. The average molecular weight is 321 g/mol. The van der Waals surface area contributed by atoms with Crippen molar-refractivity contribution >= 4 is 15.8 Å². The van der Waals surface area contributed by atoms with Crippen LogP contribution in [-0.2, 0) is 10.0 Å². The third-order valence-electron chi connectivity index (χ3n) is 3.94. The van der Waals surface area contributed by atoms with Gasteiger partial charge in [-0.25, -0.2) is 13.4 Å². The van der Waals surface area contributed by atoms with Crippen LogP contribution in [0, 0.1) is 0 Å². The standard InChI is InChI=1S/C14H19N5O2S/c1-15-14-6-2-5-13(18-14)11-4-3-7-19(10-11)22(20,21)12-8-16-17-9-12/h2,5-6,8-9,11H,3-4,7,10H2,1H3,(H,15,18)(H,16,17)/t11-/m0/s1. The van der Waals surface area contributed by atoms with Gasteiger partial charge in [0, 0.05) is 37.9 Å². The predicted molar refractivity (Wildman–Crippen MR) is 83.1 cm³/mol. The van der Waals surface area contributed by atoms with Crippen LogP contribution in [0.3, 0.4) is 0 Å². The summed E-state index contributed by atoms with van der Waals surface area (Å²) in [4.78, 5) is 4.76. The van der Waals surface area contributed by atoms with E-state index in [4.69, 9.17) is 0 Å². The number of pyridine rings is 1. The summed E-state index contributed by atoms with van der Waals surface area (Å²) in [6.45, 7) is 0.989. The van der Waals surface area contributed by atoms with E-state index in [2.05, 4.69) is 20.5 Å². The first-order valence-corrected chi connectivity index (χ1v) is 8.69. The van der Waals surface area contributed by atoms with Crippen LogP contribution in [0.5, 0.6) is 0 Å². The number of H-pyrrole nitrogens is 1. The fraction of sp³-hybridized carbons (Fsp3) is 0.429. The Hall–Kier alpha value is -1.93. The lowest BCUT2D eigenvalue weighted by Gasteiger charge is -2.31. The molecule has 22 heavy (non-hydrogen) atoms. The van der Waals surface area contributed by atoms with Gasteiger partial charge in [0.25, 0.3) is 0 Å². The lowest BCUT2D eigenvalue weighted by molar-refractivity contribution is 0.313. The summed E-state index contributed by atoms with van der Waals surface area (Å²) < 4.78 is 26.7. The summed E-state index contributed by atoms with van der Waals surface area (Å²) in [7, 11) is -1.66. The van der Waals surface area contributed by atoms with Crippen LogP contribution in [0.15, 0.2) is 35.5 Å². The lowest BCUT2D eigenvalue weighted by atomic mass is 9.96. The van der Waals surface area contributed by atoms with Crippen LogP contribution in [0.25, 0.3) is 0 Å². The maximum absolute atomic E-state index is 12.6. The van der Waals surface area contributed by atoms with Gasteiger partial charge in [-0.3, -0.25) is 5.10 Å². The molecule has 0 aliphatic carbocycles. The highest BCUT2D eigenvalue weighted by atomic mass is 32.2. The van der Waals surface area contributed by atoms with E-state index in [1.807, 2.05) is 25.2 Å². The lowest BCUT2D eigenvalue weighted by Crippen LogP contribution is -2.39. The van der Waals surface area contributed by atoms with E-state index in [0.29, 0.717) is 13.1 Å². The summed E-state index contributed by atoms with van der Waals surface area (Å²) in [5, 5.41) is 9.30. The van der Waals surface area contributed by atoms with E-state index in [1.165, 1.54) is 16.7 Å². The number of aromatic nitrogens is 3. The number of nitrogens with zero attached hydrogens (tertiary/aromatic N) is 3. The van der Waals surface area contributed by atoms with E-state index in [0.717, 1.165) is 24.4 Å². The SMILES string of the molecule is CNc1cccc([C@H]2CCCN(S(=O)(=O)c3cn[nH]c3)C2)n1. The van der Waals surface area contributed by atoms with E-state index in [1.54, 1.807) is 0 Å². The van der Waals surface area contributed by atoms with Crippen LogP contribution in [0.4, 0.5) is 5.82 Å². The Kier molecular flexibility index (Phi) is 4.12. The molecule has 8 heteroatoms. The third-order valence-corrected chi connectivity index (χ3v) is 5.77. The van der Waals surface area contributed by atoms with Gasteiger partial charge in [0.2, 0.25) is 10.0 Å². The second-order valence-corrected chi connectivity index (χ2v) is 7.27. The van der Waals surface area contributed by atoms with Crippen molar-refractivity contribution < 1.29 is 8.42 Å². The molecule has 1 fully saturated rings. The summed E-state index contributed by atoms with van der Waals surface area (Å²) in [5.74, 6) is 0.913. The largest absolute Gasteiger partial charge is 0.373 e. The molecule has 0 unspecified atom stereocenters. The number of nitrogens with one attached hydrogen (secondary N) is 2. The highest BCUT2D eigenvalue weighted by Crippen LogP contribution is 2.29. The fourth-order valence-electron chi connectivity index (χ4n) is 2.75. The van der Waals surface area contributed by atoms with E-state index in [9.17, 15) is 8.42 Å². The second-order valence-electron chi connectivity index (χ2n) is 5.33. The highest BCUT2D eigenvalue weighted by molar-refractivity contribution is 7.89. The van der Waals surface area contributed by atoms with E-state index in [-0.39, 0.29) is 10.8 Å². The topological polar surface area (TPSA) is 91.0 Å². The van der Waals surface area contributed by atoms with Gasteiger partial charge in [0.15, 0.2) is 0 Å². The molecule has 7 nitrogen and oxygen atoms in total. The number of anilines is 1. The van der Waals surface area contributed by atoms with Gasteiger partial charge >= 0.3 is 0 Å². The minimum Gasteiger partial charge on any atom is -0.373 e. The Morgan fingerprint density at radius 2 is 2.27 bits per heavy atom. The minimum atomic E-state index is -3.48. The molecular formula is C14H19N5O2S. The molecule has 0 bridgehead atoms. The molecule has 0 radical (unpaired) electrons. The van der Waals surface area contributed by atoms with Gasteiger partial charge in [-0.1, -0.05) is 6.07 Å². The predicted octanol–water partition coefficient (Wildman–Crippen LogP) is 1.41. The van der Waals surface area contributed by atoms with Crippen LogP contribution >= 0.6 is 0 Å². The number of sulfonamides is 1. The van der Waals surface area contributed by atoms with Crippen molar-refractivity contribution in [1.29, 1.82) is 0 Å². The molecule has 0 amide bonds. The third kappa shape index (κ3) is 2.84. The molecule has 0 saturated carbocycles. The Bertz CT molecular complexity index is 729. The van der Waals surface area contributed by atoms with Gasteiger partial charge in [-0.05, 0) is 25.0 Å². The first-order valence-electron chi connectivity index (χ1n) is 7.25. The molecule has 1 aliphatic rings. The molecule has 2 aromatic rings. The number of aromatic amines is 1.